The monoisotopic (exact) mass is 194 g/mol. The molecule has 0 bridgehead atoms. The molecule has 76 valence electrons. The minimum Gasteiger partial charge on any atom is -0.449 e. The molecule has 4 heteroatoms. The number of nitrogens with one attached hydrogen (secondary N) is 1. The average molecular weight is 194 g/mol. The van der Waals surface area contributed by atoms with Gasteiger partial charge in [0.15, 0.2) is 0 Å². The number of carbonyl (C=O) groups excluding carboxylic acids is 1. The molecule has 0 fully saturated rings. The van der Waals surface area contributed by atoms with Gasteiger partial charge >= 0.3 is 6.09 Å². The van der Waals surface area contributed by atoms with Crippen molar-refractivity contribution in [2.45, 2.75) is 19.8 Å². The Bertz CT molecular complexity index is 275. The lowest BCUT2D eigenvalue weighted by Crippen LogP contribution is -2.14. The topological polar surface area (TPSA) is 51.2 Å². The molecule has 0 aliphatic rings. The van der Waals surface area contributed by atoms with Crippen molar-refractivity contribution in [2.24, 2.45) is 0 Å². The molecular weight excluding hydrogens is 180 g/mol. The van der Waals surface area contributed by atoms with E-state index in [-0.39, 0.29) is 0 Å². The predicted molar refractivity (Wildman–Crippen MR) is 54.1 cm³/mol. The minimum absolute atomic E-state index is 0.412. The van der Waals surface area contributed by atoms with Crippen LogP contribution < -0.4 is 5.32 Å². The molecule has 1 amide bonds. The van der Waals surface area contributed by atoms with Gasteiger partial charge in [-0.05, 0) is 18.6 Å². The highest BCUT2D eigenvalue weighted by molar-refractivity contribution is 5.84. The summed E-state index contributed by atoms with van der Waals surface area (Å²) < 4.78 is 4.92. The van der Waals surface area contributed by atoms with Gasteiger partial charge in [-0.1, -0.05) is 13.3 Å². The first-order chi connectivity index (χ1) is 6.83. The van der Waals surface area contributed by atoms with Gasteiger partial charge in [-0.3, -0.25) is 10.3 Å². The van der Waals surface area contributed by atoms with Crippen molar-refractivity contribution in [3.8, 4) is 0 Å². The summed E-state index contributed by atoms with van der Waals surface area (Å²) in [6, 6.07) is 3.42. The molecule has 1 aromatic rings. The number of hydrogen-bond donors (Lipinski definition) is 1. The van der Waals surface area contributed by atoms with Gasteiger partial charge in [-0.25, -0.2) is 4.79 Å². The maximum Gasteiger partial charge on any atom is 0.411 e. The van der Waals surface area contributed by atoms with Crippen LogP contribution in [0.1, 0.15) is 19.8 Å². The molecule has 1 aromatic heterocycles. The fourth-order valence-electron chi connectivity index (χ4n) is 0.898. The normalized spacial score (nSPS) is 9.50. The van der Waals surface area contributed by atoms with Crippen LogP contribution in [-0.2, 0) is 4.74 Å². The van der Waals surface area contributed by atoms with Crippen LogP contribution in [0, 0.1) is 0 Å². The van der Waals surface area contributed by atoms with E-state index in [2.05, 4.69) is 10.3 Å². The minimum atomic E-state index is -0.412. The number of unbranched alkanes of at least 4 members (excludes halogenated alkanes) is 1. The molecule has 1 N–H and O–H groups in total. The average Bonchev–Trinajstić information content (AvgIpc) is 2.20. The van der Waals surface area contributed by atoms with Crippen molar-refractivity contribution in [1.29, 1.82) is 0 Å². The van der Waals surface area contributed by atoms with E-state index >= 15 is 0 Å². The van der Waals surface area contributed by atoms with Crippen LogP contribution in [0.2, 0.25) is 0 Å². The summed E-state index contributed by atoms with van der Waals surface area (Å²) in [5.41, 5.74) is 0.696. The Hall–Kier alpha value is -1.58. The molecule has 1 heterocycles. The molecule has 1 rings (SSSR count). The lowest BCUT2D eigenvalue weighted by atomic mass is 10.4. The van der Waals surface area contributed by atoms with E-state index in [1.807, 2.05) is 6.92 Å². The van der Waals surface area contributed by atoms with Crippen molar-refractivity contribution in [3.63, 3.8) is 0 Å². The molecule has 0 radical (unpaired) electrons. The van der Waals surface area contributed by atoms with Crippen LogP contribution in [0.5, 0.6) is 0 Å². The Morgan fingerprint density at radius 3 is 2.86 bits per heavy atom. The van der Waals surface area contributed by atoms with E-state index < -0.39 is 6.09 Å². The molecule has 0 aromatic carbocycles. The predicted octanol–water partition coefficient (Wildman–Crippen LogP) is 2.43. The van der Waals surface area contributed by atoms with E-state index in [1.54, 1.807) is 24.5 Å². The van der Waals surface area contributed by atoms with Crippen LogP contribution in [0.3, 0.4) is 0 Å². The van der Waals surface area contributed by atoms with Gasteiger partial charge in [0, 0.05) is 18.1 Å². The van der Waals surface area contributed by atoms with E-state index in [0.717, 1.165) is 12.8 Å². The lowest BCUT2D eigenvalue weighted by molar-refractivity contribution is 0.160. The fraction of sp³-hybridized carbons (Fsp3) is 0.400. The second-order valence-corrected chi connectivity index (χ2v) is 2.85. The summed E-state index contributed by atoms with van der Waals surface area (Å²) in [5, 5.41) is 2.60. The number of anilines is 1. The number of aromatic nitrogens is 1. The van der Waals surface area contributed by atoms with Gasteiger partial charge in [0.05, 0.1) is 6.61 Å². The first kappa shape index (κ1) is 10.5. The summed E-state index contributed by atoms with van der Waals surface area (Å²) in [6.45, 7) is 2.51. The smallest absolute Gasteiger partial charge is 0.411 e. The highest BCUT2D eigenvalue weighted by atomic mass is 16.5. The molecule has 0 saturated heterocycles. The number of ether oxygens (including phenoxy) is 1. The van der Waals surface area contributed by atoms with Crippen LogP contribution in [0.25, 0.3) is 0 Å². The second-order valence-electron chi connectivity index (χ2n) is 2.85. The van der Waals surface area contributed by atoms with Crippen molar-refractivity contribution in [3.05, 3.63) is 24.5 Å². The molecule has 14 heavy (non-hydrogen) atoms. The van der Waals surface area contributed by atoms with Gasteiger partial charge in [-0.2, -0.15) is 0 Å². The first-order valence-electron chi connectivity index (χ1n) is 4.66. The number of rotatable bonds is 4. The highest BCUT2D eigenvalue weighted by Gasteiger charge is 2.00. The zero-order valence-electron chi connectivity index (χ0n) is 8.19. The van der Waals surface area contributed by atoms with Gasteiger partial charge in [0.2, 0.25) is 0 Å². The zero-order valence-corrected chi connectivity index (χ0v) is 8.19. The third-order valence-electron chi connectivity index (χ3n) is 1.66. The van der Waals surface area contributed by atoms with Crippen molar-refractivity contribution >= 4 is 11.8 Å². The van der Waals surface area contributed by atoms with E-state index in [9.17, 15) is 4.79 Å². The molecule has 0 saturated carbocycles. The molecule has 4 nitrogen and oxygen atoms in total. The van der Waals surface area contributed by atoms with Crippen LogP contribution in [0.4, 0.5) is 10.5 Å². The maximum absolute atomic E-state index is 11.1. The number of carbonyl (C=O) groups is 1. The lowest BCUT2D eigenvalue weighted by Gasteiger charge is -2.05. The second kappa shape index (κ2) is 5.96. The Morgan fingerprint density at radius 2 is 2.21 bits per heavy atom. The Kier molecular flexibility index (Phi) is 4.47. The number of pyridine rings is 1. The Morgan fingerprint density at radius 1 is 1.50 bits per heavy atom. The van der Waals surface area contributed by atoms with Crippen LogP contribution >= 0.6 is 0 Å². The fourth-order valence-corrected chi connectivity index (χ4v) is 0.898. The third kappa shape index (κ3) is 3.89. The van der Waals surface area contributed by atoms with Crippen LogP contribution in [0.15, 0.2) is 24.5 Å². The summed E-state index contributed by atoms with van der Waals surface area (Å²) in [4.78, 5) is 15.0. The summed E-state index contributed by atoms with van der Waals surface area (Å²) in [5.74, 6) is 0. The van der Waals surface area contributed by atoms with Crippen molar-refractivity contribution in [1.82, 2.24) is 4.98 Å². The quantitative estimate of drug-likeness (QED) is 0.749. The van der Waals surface area contributed by atoms with E-state index in [4.69, 9.17) is 4.74 Å². The Labute approximate surface area is 83.3 Å². The van der Waals surface area contributed by atoms with E-state index in [0.29, 0.717) is 12.3 Å². The number of hydrogen-bond acceptors (Lipinski definition) is 3. The molecule has 0 aliphatic heterocycles. The standard InChI is InChI=1S/C10H14N2O2/c1-2-3-8-14-10(13)12-9-4-6-11-7-5-9/h4-7H,2-3,8H2,1H3,(H,11,12,13). The maximum atomic E-state index is 11.1. The van der Waals surface area contributed by atoms with Gasteiger partial charge in [0.1, 0.15) is 0 Å². The molecule has 0 unspecified atom stereocenters. The van der Waals surface area contributed by atoms with E-state index in [1.165, 1.54) is 0 Å². The zero-order chi connectivity index (χ0) is 10.2. The SMILES string of the molecule is CCCCOC(=O)Nc1ccncc1. The number of amides is 1. The highest BCUT2D eigenvalue weighted by Crippen LogP contribution is 2.03. The van der Waals surface area contributed by atoms with Crippen LogP contribution in [-0.4, -0.2) is 17.7 Å². The van der Waals surface area contributed by atoms with Crippen molar-refractivity contribution < 1.29 is 9.53 Å². The molecule has 0 spiro atoms. The summed E-state index contributed by atoms with van der Waals surface area (Å²) in [6.07, 6.45) is 4.72. The van der Waals surface area contributed by atoms with Crippen molar-refractivity contribution in [2.75, 3.05) is 11.9 Å². The first-order valence-corrected chi connectivity index (χ1v) is 4.66. The van der Waals surface area contributed by atoms with Gasteiger partial charge in [0.25, 0.3) is 0 Å². The third-order valence-corrected chi connectivity index (χ3v) is 1.66. The molecular formula is C10H14N2O2. The Balaban J connectivity index is 2.27. The summed E-state index contributed by atoms with van der Waals surface area (Å²) in [7, 11) is 0. The van der Waals surface area contributed by atoms with Gasteiger partial charge < -0.3 is 4.74 Å². The molecule has 0 atom stereocenters. The van der Waals surface area contributed by atoms with Gasteiger partial charge in [-0.15, -0.1) is 0 Å². The summed E-state index contributed by atoms with van der Waals surface area (Å²) >= 11 is 0. The number of nitrogens with zero attached hydrogens (tertiary/aromatic N) is 1. The largest absolute Gasteiger partial charge is 0.449 e. The molecule has 0 aliphatic carbocycles.